The van der Waals surface area contributed by atoms with E-state index in [-0.39, 0.29) is 4.58 Å². The molecule has 0 aromatic heterocycles. The molecule has 4 heteroatoms. The number of nitrogens with zero attached hydrogens (tertiary/aromatic N) is 2. The van der Waals surface area contributed by atoms with Crippen LogP contribution in [0.1, 0.15) is 0 Å². The van der Waals surface area contributed by atoms with Crippen molar-refractivity contribution in [2.45, 2.75) is 4.58 Å². The van der Waals surface area contributed by atoms with Crippen molar-refractivity contribution in [2.24, 2.45) is 0 Å². The molecular formula is C7H16N2S2. The molecule has 0 aromatic rings. The summed E-state index contributed by atoms with van der Waals surface area (Å²) in [6.45, 7) is 5.67. The maximum atomic E-state index is 4.24. The minimum atomic E-state index is 0.207. The minimum Gasteiger partial charge on any atom is -0.304 e. The molecule has 0 radical (unpaired) electrons. The fourth-order valence-corrected chi connectivity index (χ4v) is 1.72. The maximum absolute atomic E-state index is 4.24. The van der Waals surface area contributed by atoms with E-state index in [2.05, 4.69) is 42.1 Å². The Balaban J connectivity index is 2.17. The van der Waals surface area contributed by atoms with Gasteiger partial charge in [0.15, 0.2) is 0 Å². The van der Waals surface area contributed by atoms with Crippen LogP contribution in [0.2, 0.25) is 0 Å². The van der Waals surface area contributed by atoms with Crippen LogP contribution >= 0.6 is 25.3 Å². The van der Waals surface area contributed by atoms with Crippen molar-refractivity contribution >= 4 is 25.3 Å². The van der Waals surface area contributed by atoms with Gasteiger partial charge in [-0.1, -0.05) is 0 Å². The lowest BCUT2D eigenvalue weighted by atomic mass is 10.3. The van der Waals surface area contributed by atoms with E-state index < -0.39 is 0 Å². The number of thiol groups is 2. The van der Waals surface area contributed by atoms with Crippen molar-refractivity contribution in [1.82, 2.24) is 9.80 Å². The summed E-state index contributed by atoms with van der Waals surface area (Å²) in [4.78, 5) is 4.76. The van der Waals surface area contributed by atoms with Gasteiger partial charge in [0.2, 0.25) is 0 Å². The second-order valence-electron chi connectivity index (χ2n) is 3.08. The zero-order valence-electron chi connectivity index (χ0n) is 6.90. The Labute approximate surface area is 79.8 Å². The molecule has 1 saturated heterocycles. The van der Waals surface area contributed by atoms with Crippen molar-refractivity contribution in [1.29, 1.82) is 0 Å². The molecule has 1 rings (SSSR count). The van der Waals surface area contributed by atoms with Gasteiger partial charge in [0.1, 0.15) is 0 Å². The van der Waals surface area contributed by atoms with Crippen LogP contribution in [0.5, 0.6) is 0 Å². The van der Waals surface area contributed by atoms with Gasteiger partial charge < -0.3 is 4.90 Å². The Morgan fingerprint density at radius 1 is 1.18 bits per heavy atom. The van der Waals surface area contributed by atoms with Gasteiger partial charge in [-0.05, 0) is 7.05 Å². The summed E-state index contributed by atoms with van der Waals surface area (Å²) in [6, 6.07) is 0. The molecule has 66 valence electrons. The number of likely N-dealkylation sites (N-methyl/N-ethyl adjacent to an activating group) is 1. The van der Waals surface area contributed by atoms with E-state index in [1.807, 2.05) is 0 Å². The fourth-order valence-electron chi connectivity index (χ4n) is 1.26. The van der Waals surface area contributed by atoms with E-state index in [0.29, 0.717) is 0 Å². The molecule has 0 aromatic carbocycles. The van der Waals surface area contributed by atoms with Gasteiger partial charge in [0.25, 0.3) is 0 Å². The molecule has 1 heterocycles. The average Bonchev–Trinajstić information content (AvgIpc) is 1.93. The molecule has 1 aliphatic rings. The van der Waals surface area contributed by atoms with Crippen molar-refractivity contribution in [3.05, 3.63) is 0 Å². The first kappa shape index (κ1) is 9.71. The highest BCUT2D eigenvalue weighted by molar-refractivity contribution is 7.99. The Morgan fingerprint density at radius 3 is 2.18 bits per heavy atom. The normalized spacial score (nSPS) is 22.9. The quantitative estimate of drug-likeness (QED) is 0.484. The Morgan fingerprint density at radius 2 is 1.73 bits per heavy atom. The van der Waals surface area contributed by atoms with Crippen molar-refractivity contribution in [3.8, 4) is 0 Å². The highest BCUT2D eigenvalue weighted by Gasteiger charge is 2.14. The summed E-state index contributed by atoms with van der Waals surface area (Å²) >= 11 is 8.48. The summed E-state index contributed by atoms with van der Waals surface area (Å²) < 4.78 is 0.207. The predicted molar refractivity (Wildman–Crippen MR) is 55.7 cm³/mol. The molecule has 11 heavy (non-hydrogen) atoms. The van der Waals surface area contributed by atoms with Gasteiger partial charge in [0, 0.05) is 32.7 Å². The van der Waals surface area contributed by atoms with Crippen LogP contribution in [0.15, 0.2) is 0 Å². The van der Waals surface area contributed by atoms with Crippen LogP contribution in [-0.4, -0.2) is 54.2 Å². The van der Waals surface area contributed by atoms with Crippen molar-refractivity contribution < 1.29 is 0 Å². The van der Waals surface area contributed by atoms with E-state index in [0.717, 1.165) is 19.6 Å². The molecule has 1 fully saturated rings. The smallest absolute Gasteiger partial charge is 0.0569 e. The SMILES string of the molecule is CN1CCN(CC(S)S)CC1. The molecule has 1 aliphatic heterocycles. The largest absolute Gasteiger partial charge is 0.304 e. The molecule has 0 aliphatic carbocycles. The Bertz CT molecular complexity index is 111. The summed E-state index contributed by atoms with van der Waals surface area (Å²) in [5, 5.41) is 0. The second-order valence-corrected chi connectivity index (χ2v) is 4.74. The van der Waals surface area contributed by atoms with Crippen LogP contribution < -0.4 is 0 Å². The van der Waals surface area contributed by atoms with Gasteiger partial charge in [-0.2, -0.15) is 25.3 Å². The van der Waals surface area contributed by atoms with Gasteiger partial charge in [-0.25, -0.2) is 0 Å². The highest BCUT2D eigenvalue weighted by atomic mass is 32.2. The van der Waals surface area contributed by atoms with Crippen molar-refractivity contribution in [2.75, 3.05) is 39.8 Å². The molecular weight excluding hydrogens is 176 g/mol. The Kier molecular flexibility index (Phi) is 4.06. The average molecular weight is 192 g/mol. The zero-order valence-corrected chi connectivity index (χ0v) is 8.69. The second kappa shape index (κ2) is 4.60. The summed E-state index contributed by atoms with van der Waals surface area (Å²) in [6.07, 6.45) is 0. The zero-order chi connectivity index (χ0) is 8.27. The molecule has 0 atom stereocenters. The number of rotatable bonds is 2. The van der Waals surface area contributed by atoms with E-state index >= 15 is 0 Å². The molecule has 2 nitrogen and oxygen atoms in total. The van der Waals surface area contributed by atoms with E-state index in [1.165, 1.54) is 13.1 Å². The minimum absolute atomic E-state index is 0.207. The lowest BCUT2D eigenvalue weighted by molar-refractivity contribution is 0.160. The van der Waals surface area contributed by atoms with Crippen LogP contribution in [0.3, 0.4) is 0 Å². The van der Waals surface area contributed by atoms with Gasteiger partial charge in [-0.3, -0.25) is 4.90 Å². The first-order valence-electron chi connectivity index (χ1n) is 3.95. The third-order valence-corrected chi connectivity index (χ3v) is 2.34. The third-order valence-electron chi connectivity index (χ3n) is 2.02. The summed E-state index contributed by atoms with van der Waals surface area (Å²) in [5.74, 6) is 0. The molecule has 0 amide bonds. The summed E-state index contributed by atoms with van der Waals surface area (Å²) in [5.41, 5.74) is 0. The molecule has 0 spiro atoms. The number of hydrogen-bond donors (Lipinski definition) is 2. The number of hydrogen-bond acceptors (Lipinski definition) is 4. The lowest BCUT2D eigenvalue weighted by Crippen LogP contribution is -2.45. The van der Waals surface area contributed by atoms with Crippen LogP contribution in [0, 0.1) is 0 Å². The molecule has 0 saturated carbocycles. The monoisotopic (exact) mass is 192 g/mol. The van der Waals surface area contributed by atoms with Gasteiger partial charge in [-0.15, -0.1) is 0 Å². The van der Waals surface area contributed by atoms with E-state index in [1.54, 1.807) is 0 Å². The van der Waals surface area contributed by atoms with E-state index in [9.17, 15) is 0 Å². The van der Waals surface area contributed by atoms with Crippen LogP contribution in [0.25, 0.3) is 0 Å². The highest BCUT2D eigenvalue weighted by Crippen LogP contribution is 2.05. The molecule has 0 unspecified atom stereocenters. The lowest BCUT2D eigenvalue weighted by Gasteiger charge is -2.32. The summed E-state index contributed by atoms with van der Waals surface area (Å²) in [7, 11) is 2.16. The number of piperazine rings is 1. The topological polar surface area (TPSA) is 6.48 Å². The molecule has 0 bridgehead atoms. The molecule has 0 N–H and O–H groups in total. The maximum Gasteiger partial charge on any atom is 0.0569 e. The van der Waals surface area contributed by atoms with Crippen LogP contribution in [-0.2, 0) is 0 Å². The van der Waals surface area contributed by atoms with Crippen LogP contribution in [0.4, 0.5) is 0 Å². The van der Waals surface area contributed by atoms with Crippen molar-refractivity contribution in [3.63, 3.8) is 0 Å². The third kappa shape index (κ3) is 3.69. The van der Waals surface area contributed by atoms with Gasteiger partial charge >= 0.3 is 0 Å². The van der Waals surface area contributed by atoms with E-state index in [4.69, 9.17) is 0 Å². The standard InChI is InChI=1S/C7H16N2S2/c1-8-2-4-9(5-3-8)6-7(10)11/h7,10-11H,2-6H2,1H3. The predicted octanol–water partition coefficient (Wildman–Crippen LogP) is 0.419. The Hall–Kier alpha value is 0.620. The fraction of sp³-hybridized carbons (Fsp3) is 1.00. The first-order chi connectivity index (χ1) is 5.18. The first-order valence-corrected chi connectivity index (χ1v) is 4.99. The van der Waals surface area contributed by atoms with Gasteiger partial charge in [0.05, 0.1) is 4.58 Å².